The van der Waals surface area contributed by atoms with Gasteiger partial charge in [-0.3, -0.25) is 9.59 Å². The lowest BCUT2D eigenvalue weighted by Crippen LogP contribution is -2.47. The van der Waals surface area contributed by atoms with Gasteiger partial charge in [-0.25, -0.2) is 4.98 Å². The first-order valence-electron chi connectivity index (χ1n) is 11.8. The van der Waals surface area contributed by atoms with E-state index < -0.39 is 0 Å². The smallest absolute Gasteiger partial charge is 0.255 e. The molecule has 1 aromatic carbocycles. The molecule has 2 aliphatic rings. The van der Waals surface area contributed by atoms with Crippen LogP contribution in [0.5, 0.6) is 0 Å². The highest BCUT2D eigenvalue weighted by atomic mass is 35.5. The van der Waals surface area contributed by atoms with Crippen molar-refractivity contribution in [1.29, 1.82) is 0 Å². The maximum Gasteiger partial charge on any atom is 0.255 e. The summed E-state index contributed by atoms with van der Waals surface area (Å²) >= 11 is 12.2. The number of carbonyl (C=O) groups is 2. The standard InChI is InChI=1S/C25H31Cl2N5O2/c1-31-9-3-6-21(16-31)29-23(33)12-17-7-10-32(11-8-17)24-22(14-20(27)15-28-24)30-25(34)18-4-2-5-19(26)13-18/h2,4-5,13-15,17,21H,3,6-12,16H2,1H3,(H,29,33)(H,30,34)/t21-/m1/s1. The minimum atomic E-state index is -0.271. The van der Waals surface area contributed by atoms with Gasteiger partial charge in [0.05, 0.1) is 10.7 Å². The van der Waals surface area contributed by atoms with Crippen LogP contribution in [0, 0.1) is 5.92 Å². The average molecular weight is 504 g/mol. The van der Waals surface area contributed by atoms with Crippen LogP contribution in [0.25, 0.3) is 0 Å². The summed E-state index contributed by atoms with van der Waals surface area (Å²) in [5, 5.41) is 7.10. The van der Waals surface area contributed by atoms with Crippen molar-refractivity contribution in [2.24, 2.45) is 5.92 Å². The van der Waals surface area contributed by atoms with E-state index in [4.69, 9.17) is 23.2 Å². The van der Waals surface area contributed by atoms with E-state index in [-0.39, 0.29) is 17.9 Å². The molecule has 2 aliphatic heterocycles. The maximum absolute atomic E-state index is 12.8. The second-order valence-electron chi connectivity index (χ2n) is 9.29. The number of rotatable bonds is 6. The van der Waals surface area contributed by atoms with E-state index in [2.05, 4.69) is 32.5 Å². The van der Waals surface area contributed by atoms with Gasteiger partial charge in [0.15, 0.2) is 5.82 Å². The first kappa shape index (κ1) is 24.8. The van der Waals surface area contributed by atoms with Gasteiger partial charge in [-0.15, -0.1) is 0 Å². The van der Waals surface area contributed by atoms with Crippen LogP contribution in [-0.2, 0) is 4.79 Å². The number of piperidine rings is 2. The van der Waals surface area contributed by atoms with Gasteiger partial charge in [0.2, 0.25) is 5.91 Å². The summed E-state index contributed by atoms with van der Waals surface area (Å²) in [4.78, 5) is 34.3. The highest BCUT2D eigenvalue weighted by Gasteiger charge is 2.26. The Balaban J connectivity index is 1.34. The van der Waals surface area contributed by atoms with Gasteiger partial charge < -0.3 is 20.4 Å². The van der Waals surface area contributed by atoms with E-state index in [0.29, 0.717) is 39.5 Å². The number of hydrogen-bond acceptors (Lipinski definition) is 5. The molecule has 4 rings (SSSR count). The quantitative estimate of drug-likeness (QED) is 0.608. The van der Waals surface area contributed by atoms with Crippen LogP contribution in [0.3, 0.4) is 0 Å². The predicted octanol–water partition coefficient (Wildman–Crippen LogP) is 4.46. The van der Waals surface area contributed by atoms with Crippen molar-refractivity contribution in [3.8, 4) is 0 Å². The summed E-state index contributed by atoms with van der Waals surface area (Å²) in [6, 6.07) is 8.77. The SMILES string of the molecule is CN1CCC[C@@H](NC(=O)CC2CCN(c3ncc(Cl)cc3NC(=O)c3cccc(Cl)c3)CC2)C1. The molecule has 0 saturated carbocycles. The zero-order chi connectivity index (χ0) is 24.1. The molecule has 2 amide bonds. The Bertz CT molecular complexity index is 1030. The number of amides is 2. The van der Waals surface area contributed by atoms with E-state index >= 15 is 0 Å². The van der Waals surface area contributed by atoms with Gasteiger partial charge in [0, 0.05) is 48.9 Å². The molecule has 9 heteroatoms. The number of pyridine rings is 1. The molecular formula is C25H31Cl2N5O2. The Labute approximate surface area is 210 Å². The van der Waals surface area contributed by atoms with Gasteiger partial charge >= 0.3 is 0 Å². The van der Waals surface area contributed by atoms with Gasteiger partial charge in [0.25, 0.3) is 5.91 Å². The molecule has 0 radical (unpaired) electrons. The topological polar surface area (TPSA) is 77.6 Å². The predicted molar refractivity (Wildman–Crippen MR) is 137 cm³/mol. The summed E-state index contributed by atoms with van der Waals surface area (Å²) in [7, 11) is 2.10. The van der Waals surface area contributed by atoms with Gasteiger partial charge in [-0.1, -0.05) is 29.3 Å². The third-order valence-corrected chi connectivity index (χ3v) is 6.99. The van der Waals surface area contributed by atoms with Crippen molar-refractivity contribution in [1.82, 2.24) is 15.2 Å². The fourth-order valence-electron chi connectivity index (χ4n) is 4.78. The molecule has 2 fully saturated rings. The Kier molecular flexibility index (Phi) is 8.29. The number of likely N-dealkylation sites (N-methyl/N-ethyl adjacent to an activating group) is 1. The van der Waals surface area contributed by atoms with Crippen molar-refractivity contribution in [2.45, 2.75) is 38.1 Å². The van der Waals surface area contributed by atoms with E-state index in [1.54, 1.807) is 36.5 Å². The average Bonchev–Trinajstić information content (AvgIpc) is 2.80. The Morgan fingerprint density at radius 3 is 2.62 bits per heavy atom. The van der Waals surface area contributed by atoms with Crippen LogP contribution >= 0.6 is 23.2 Å². The van der Waals surface area contributed by atoms with Crippen molar-refractivity contribution in [3.63, 3.8) is 0 Å². The summed E-state index contributed by atoms with van der Waals surface area (Å²) in [6.45, 7) is 3.55. The van der Waals surface area contributed by atoms with E-state index in [1.165, 1.54) is 0 Å². The summed E-state index contributed by atoms with van der Waals surface area (Å²) in [5.74, 6) is 0.910. The molecule has 0 bridgehead atoms. The van der Waals surface area contributed by atoms with Gasteiger partial charge in [-0.05, 0) is 69.5 Å². The zero-order valence-electron chi connectivity index (χ0n) is 19.4. The lowest BCUT2D eigenvalue weighted by molar-refractivity contribution is -0.123. The lowest BCUT2D eigenvalue weighted by Gasteiger charge is -2.34. The van der Waals surface area contributed by atoms with Crippen LogP contribution in [-0.4, -0.2) is 61.0 Å². The molecule has 1 aromatic heterocycles. The first-order chi connectivity index (χ1) is 16.4. The molecule has 182 valence electrons. The highest BCUT2D eigenvalue weighted by Crippen LogP contribution is 2.31. The molecule has 34 heavy (non-hydrogen) atoms. The number of aromatic nitrogens is 1. The molecule has 0 spiro atoms. The first-order valence-corrected chi connectivity index (χ1v) is 12.6. The minimum absolute atomic E-state index is 0.151. The van der Waals surface area contributed by atoms with Crippen LogP contribution in [0.15, 0.2) is 36.5 Å². The third-order valence-electron chi connectivity index (χ3n) is 6.55. The number of anilines is 2. The molecule has 3 heterocycles. The molecule has 2 aromatic rings. The van der Waals surface area contributed by atoms with Crippen LogP contribution in [0.4, 0.5) is 11.5 Å². The minimum Gasteiger partial charge on any atom is -0.355 e. The molecule has 0 aliphatic carbocycles. The third kappa shape index (κ3) is 6.62. The molecule has 2 N–H and O–H groups in total. The van der Waals surface area contributed by atoms with Gasteiger partial charge in [0.1, 0.15) is 0 Å². The lowest BCUT2D eigenvalue weighted by atomic mass is 9.92. The Morgan fingerprint density at radius 2 is 1.88 bits per heavy atom. The number of nitrogens with one attached hydrogen (secondary N) is 2. The number of hydrogen-bond donors (Lipinski definition) is 2. The number of halogens is 2. The molecular weight excluding hydrogens is 473 g/mol. The largest absolute Gasteiger partial charge is 0.355 e. The second kappa shape index (κ2) is 11.4. The number of likely N-dealkylation sites (tertiary alicyclic amines) is 1. The summed E-state index contributed by atoms with van der Waals surface area (Å²) < 4.78 is 0. The summed E-state index contributed by atoms with van der Waals surface area (Å²) in [6.07, 6.45) is 6.12. The Morgan fingerprint density at radius 1 is 1.09 bits per heavy atom. The monoisotopic (exact) mass is 503 g/mol. The van der Waals surface area contributed by atoms with E-state index in [1.807, 2.05) is 0 Å². The van der Waals surface area contributed by atoms with Crippen LogP contribution < -0.4 is 15.5 Å². The van der Waals surface area contributed by atoms with Gasteiger partial charge in [-0.2, -0.15) is 0 Å². The van der Waals surface area contributed by atoms with Crippen molar-refractivity contribution in [3.05, 3.63) is 52.1 Å². The van der Waals surface area contributed by atoms with E-state index in [0.717, 1.165) is 51.9 Å². The highest BCUT2D eigenvalue weighted by molar-refractivity contribution is 6.31. The van der Waals surface area contributed by atoms with Crippen LogP contribution in [0.2, 0.25) is 10.0 Å². The van der Waals surface area contributed by atoms with Crippen LogP contribution in [0.1, 0.15) is 42.5 Å². The molecule has 7 nitrogen and oxygen atoms in total. The fraction of sp³-hybridized carbons (Fsp3) is 0.480. The number of benzene rings is 1. The number of carbonyl (C=O) groups excluding carboxylic acids is 2. The van der Waals surface area contributed by atoms with E-state index in [9.17, 15) is 9.59 Å². The van der Waals surface area contributed by atoms with Crippen molar-refractivity contribution < 1.29 is 9.59 Å². The molecule has 0 unspecified atom stereocenters. The zero-order valence-corrected chi connectivity index (χ0v) is 20.9. The molecule has 1 atom stereocenters. The van der Waals surface area contributed by atoms with Crippen molar-refractivity contribution in [2.75, 3.05) is 43.4 Å². The number of nitrogens with zero attached hydrogens (tertiary/aromatic N) is 3. The maximum atomic E-state index is 12.8. The summed E-state index contributed by atoms with van der Waals surface area (Å²) in [5.41, 5.74) is 1.03. The Hall–Kier alpha value is -2.35. The fourth-order valence-corrected chi connectivity index (χ4v) is 5.13. The molecule has 2 saturated heterocycles. The second-order valence-corrected chi connectivity index (χ2v) is 10.2. The van der Waals surface area contributed by atoms with Crippen molar-refractivity contribution >= 4 is 46.5 Å². The normalized spacial score (nSPS) is 19.6.